The summed E-state index contributed by atoms with van der Waals surface area (Å²) in [6.07, 6.45) is 5.90. The second kappa shape index (κ2) is 7.81. The first-order chi connectivity index (χ1) is 14.0. The molecule has 4 rings (SSSR count). The Balaban J connectivity index is 1.96. The Morgan fingerprint density at radius 1 is 1.17 bits per heavy atom. The van der Waals surface area contributed by atoms with Gasteiger partial charge in [-0.15, -0.1) is 0 Å². The van der Waals surface area contributed by atoms with Crippen LogP contribution in [0.3, 0.4) is 0 Å². The average Bonchev–Trinajstić information content (AvgIpc) is 2.74. The highest BCUT2D eigenvalue weighted by molar-refractivity contribution is 5.84. The van der Waals surface area contributed by atoms with E-state index in [2.05, 4.69) is 27.2 Å². The Bertz CT molecular complexity index is 1080. The van der Waals surface area contributed by atoms with Crippen molar-refractivity contribution in [2.75, 3.05) is 19.5 Å². The zero-order valence-electron chi connectivity index (χ0n) is 17.4. The minimum Gasteiger partial charge on any atom is -0.481 e. The molecule has 0 bridgehead atoms. The molecule has 3 aromatic rings. The molecule has 7 heteroatoms. The standard InChI is InChI=1S/C22H27N5O2/c1-13-5-8-16(9-6-13)27-20-17(14(2)25-22(23-3)26-20)11-18(21(27)28)15-7-10-19(29-4)24-12-15/h7,10-13,16H,5-6,8-9H2,1-4H3,(H,23,25,26)/t13-,16-. The molecule has 0 unspecified atom stereocenters. The quantitative estimate of drug-likeness (QED) is 0.722. The predicted octanol–water partition coefficient (Wildman–Crippen LogP) is 3.96. The number of rotatable bonds is 4. The number of nitrogens with one attached hydrogen (secondary N) is 1. The van der Waals surface area contributed by atoms with Crippen molar-refractivity contribution in [2.45, 2.75) is 45.6 Å². The highest BCUT2D eigenvalue weighted by Gasteiger charge is 2.25. The topological polar surface area (TPSA) is 81.9 Å². The fourth-order valence-electron chi connectivity index (χ4n) is 4.17. The van der Waals surface area contributed by atoms with E-state index in [4.69, 9.17) is 4.74 Å². The summed E-state index contributed by atoms with van der Waals surface area (Å²) < 4.78 is 7.06. The highest BCUT2D eigenvalue weighted by atomic mass is 16.5. The zero-order valence-corrected chi connectivity index (χ0v) is 17.4. The van der Waals surface area contributed by atoms with E-state index < -0.39 is 0 Å². The van der Waals surface area contributed by atoms with Crippen LogP contribution in [0.2, 0.25) is 0 Å². The number of pyridine rings is 2. The van der Waals surface area contributed by atoms with E-state index in [1.54, 1.807) is 26.4 Å². The van der Waals surface area contributed by atoms with Gasteiger partial charge in [0.1, 0.15) is 5.65 Å². The molecule has 3 heterocycles. The third-order valence-electron chi connectivity index (χ3n) is 5.91. The van der Waals surface area contributed by atoms with E-state index in [0.29, 0.717) is 29.0 Å². The van der Waals surface area contributed by atoms with Crippen LogP contribution in [0, 0.1) is 12.8 Å². The monoisotopic (exact) mass is 393 g/mol. The van der Waals surface area contributed by atoms with Gasteiger partial charge >= 0.3 is 0 Å². The number of aryl methyl sites for hydroxylation is 1. The van der Waals surface area contributed by atoms with E-state index in [1.807, 2.05) is 23.6 Å². The Kier molecular flexibility index (Phi) is 5.22. The van der Waals surface area contributed by atoms with Crippen LogP contribution in [-0.2, 0) is 0 Å². The number of fused-ring (bicyclic) bond motifs is 1. The molecule has 3 aromatic heterocycles. The normalized spacial score (nSPS) is 19.3. The number of hydrogen-bond donors (Lipinski definition) is 1. The van der Waals surface area contributed by atoms with E-state index >= 15 is 0 Å². The van der Waals surface area contributed by atoms with Crippen LogP contribution in [0.1, 0.15) is 44.3 Å². The van der Waals surface area contributed by atoms with Gasteiger partial charge in [-0.05, 0) is 50.7 Å². The van der Waals surface area contributed by atoms with Crippen LogP contribution in [-0.4, -0.2) is 33.7 Å². The third-order valence-corrected chi connectivity index (χ3v) is 5.91. The number of nitrogens with zero attached hydrogens (tertiary/aromatic N) is 4. The smallest absolute Gasteiger partial charge is 0.260 e. The van der Waals surface area contributed by atoms with Gasteiger partial charge in [-0.25, -0.2) is 9.97 Å². The lowest BCUT2D eigenvalue weighted by Gasteiger charge is -2.29. The van der Waals surface area contributed by atoms with Gasteiger partial charge in [0.05, 0.1) is 12.8 Å². The molecular formula is C22H27N5O2. The molecule has 0 atom stereocenters. The van der Waals surface area contributed by atoms with E-state index in [-0.39, 0.29) is 11.6 Å². The van der Waals surface area contributed by atoms with Crippen molar-refractivity contribution >= 4 is 17.0 Å². The Morgan fingerprint density at radius 2 is 1.93 bits per heavy atom. The third kappa shape index (κ3) is 3.57. The molecule has 1 fully saturated rings. The molecule has 7 nitrogen and oxygen atoms in total. The lowest BCUT2D eigenvalue weighted by molar-refractivity contribution is 0.289. The van der Waals surface area contributed by atoms with Crippen LogP contribution in [0.25, 0.3) is 22.2 Å². The predicted molar refractivity (Wildman–Crippen MR) is 115 cm³/mol. The van der Waals surface area contributed by atoms with E-state index in [1.165, 1.54) is 0 Å². The number of aromatic nitrogens is 4. The molecule has 152 valence electrons. The van der Waals surface area contributed by atoms with Crippen molar-refractivity contribution in [1.82, 2.24) is 19.5 Å². The first-order valence-corrected chi connectivity index (χ1v) is 10.1. The summed E-state index contributed by atoms with van der Waals surface area (Å²) in [5.41, 5.74) is 2.92. The number of methoxy groups -OCH3 is 1. The first kappa shape index (κ1) is 19.4. The van der Waals surface area contributed by atoms with E-state index in [0.717, 1.165) is 42.3 Å². The molecular weight excluding hydrogens is 366 g/mol. The minimum atomic E-state index is -0.0239. The van der Waals surface area contributed by atoms with Gasteiger partial charge < -0.3 is 10.1 Å². The molecule has 1 aliphatic rings. The summed E-state index contributed by atoms with van der Waals surface area (Å²) in [5, 5.41) is 3.91. The molecule has 1 N–H and O–H groups in total. The van der Waals surface area contributed by atoms with Crippen LogP contribution in [0.4, 0.5) is 5.95 Å². The van der Waals surface area contributed by atoms with Gasteiger partial charge in [-0.3, -0.25) is 9.36 Å². The highest BCUT2D eigenvalue weighted by Crippen LogP contribution is 2.34. The maximum absolute atomic E-state index is 13.7. The van der Waals surface area contributed by atoms with Crippen molar-refractivity contribution in [2.24, 2.45) is 5.92 Å². The van der Waals surface area contributed by atoms with Crippen molar-refractivity contribution < 1.29 is 4.74 Å². The van der Waals surface area contributed by atoms with Gasteiger partial charge in [-0.2, -0.15) is 4.98 Å². The van der Waals surface area contributed by atoms with Crippen LogP contribution in [0.15, 0.2) is 29.2 Å². The van der Waals surface area contributed by atoms with Gasteiger partial charge in [0.15, 0.2) is 0 Å². The minimum absolute atomic E-state index is 0.0239. The maximum atomic E-state index is 13.7. The van der Waals surface area contributed by atoms with Gasteiger partial charge in [0.25, 0.3) is 5.56 Å². The maximum Gasteiger partial charge on any atom is 0.260 e. The largest absolute Gasteiger partial charge is 0.481 e. The molecule has 0 radical (unpaired) electrons. The first-order valence-electron chi connectivity index (χ1n) is 10.1. The molecule has 1 aliphatic carbocycles. The fourth-order valence-corrected chi connectivity index (χ4v) is 4.17. The lowest BCUT2D eigenvalue weighted by Crippen LogP contribution is -2.30. The SMILES string of the molecule is CNc1nc(C)c2cc(-c3ccc(OC)nc3)c(=O)n([C@H]3CC[C@H](C)CC3)c2n1. The lowest BCUT2D eigenvalue weighted by atomic mass is 9.87. The Morgan fingerprint density at radius 3 is 2.55 bits per heavy atom. The summed E-state index contributed by atoms with van der Waals surface area (Å²) in [5.74, 6) is 1.76. The molecule has 0 amide bonds. The van der Waals surface area contributed by atoms with Crippen LogP contribution >= 0.6 is 0 Å². The molecule has 1 saturated carbocycles. The number of anilines is 1. The second-order valence-corrected chi connectivity index (χ2v) is 7.86. The Hall–Kier alpha value is -2.96. The van der Waals surface area contributed by atoms with Crippen molar-refractivity contribution in [3.05, 3.63) is 40.4 Å². The fraction of sp³-hybridized carbons (Fsp3) is 0.455. The average molecular weight is 393 g/mol. The zero-order chi connectivity index (χ0) is 20.5. The van der Waals surface area contributed by atoms with Crippen molar-refractivity contribution in [3.63, 3.8) is 0 Å². The number of hydrogen-bond acceptors (Lipinski definition) is 6. The summed E-state index contributed by atoms with van der Waals surface area (Å²) in [6.45, 7) is 4.24. The van der Waals surface area contributed by atoms with Crippen LogP contribution < -0.4 is 15.6 Å². The summed E-state index contributed by atoms with van der Waals surface area (Å²) in [4.78, 5) is 27.2. The molecule has 0 aliphatic heterocycles. The molecule has 0 spiro atoms. The number of ether oxygens (including phenoxy) is 1. The summed E-state index contributed by atoms with van der Waals surface area (Å²) >= 11 is 0. The van der Waals surface area contributed by atoms with Crippen molar-refractivity contribution in [3.8, 4) is 17.0 Å². The van der Waals surface area contributed by atoms with E-state index in [9.17, 15) is 4.79 Å². The second-order valence-electron chi connectivity index (χ2n) is 7.86. The van der Waals surface area contributed by atoms with Gasteiger partial charge in [-0.1, -0.05) is 6.92 Å². The summed E-state index contributed by atoms with van der Waals surface area (Å²) in [6, 6.07) is 5.70. The molecule has 0 aromatic carbocycles. The Labute approximate surface area is 170 Å². The molecule has 29 heavy (non-hydrogen) atoms. The van der Waals surface area contributed by atoms with Crippen LogP contribution in [0.5, 0.6) is 5.88 Å². The van der Waals surface area contributed by atoms with Gasteiger partial charge in [0, 0.05) is 41.9 Å². The molecule has 0 saturated heterocycles. The summed E-state index contributed by atoms with van der Waals surface area (Å²) in [7, 11) is 3.37. The van der Waals surface area contributed by atoms with Crippen molar-refractivity contribution in [1.29, 1.82) is 0 Å². The van der Waals surface area contributed by atoms with Gasteiger partial charge in [0.2, 0.25) is 11.8 Å².